The SMILES string of the molecule is COCCn1c2c(ccc1=O)CCN(C(=O)N1CCCC1)CC2. The predicted molar refractivity (Wildman–Crippen MR) is 87.8 cm³/mol. The van der Waals surface area contributed by atoms with Gasteiger partial charge < -0.3 is 19.1 Å². The van der Waals surface area contributed by atoms with Crippen molar-refractivity contribution in [2.24, 2.45) is 0 Å². The molecule has 6 nitrogen and oxygen atoms in total. The topological polar surface area (TPSA) is 54.8 Å². The number of carbonyl (C=O) groups is 1. The van der Waals surface area contributed by atoms with Gasteiger partial charge in [-0.3, -0.25) is 4.79 Å². The number of amides is 2. The van der Waals surface area contributed by atoms with Gasteiger partial charge >= 0.3 is 6.03 Å². The van der Waals surface area contributed by atoms with Gasteiger partial charge in [-0.2, -0.15) is 0 Å². The normalized spacial score (nSPS) is 18.0. The molecule has 1 fully saturated rings. The number of methoxy groups -OCH3 is 1. The van der Waals surface area contributed by atoms with Crippen LogP contribution in [0.5, 0.6) is 0 Å². The van der Waals surface area contributed by atoms with Crippen molar-refractivity contribution in [1.82, 2.24) is 14.4 Å². The number of nitrogens with zero attached hydrogens (tertiary/aromatic N) is 3. The van der Waals surface area contributed by atoms with E-state index in [0.717, 1.165) is 51.0 Å². The summed E-state index contributed by atoms with van der Waals surface area (Å²) in [6, 6.07) is 3.71. The molecule has 0 unspecified atom stereocenters. The lowest BCUT2D eigenvalue weighted by atomic mass is 10.1. The number of likely N-dealkylation sites (tertiary alicyclic amines) is 1. The maximum absolute atomic E-state index is 12.6. The van der Waals surface area contributed by atoms with Crippen LogP contribution in [-0.4, -0.2) is 60.3 Å². The minimum atomic E-state index is 0.0140. The highest BCUT2D eigenvalue weighted by atomic mass is 16.5. The summed E-state index contributed by atoms with van der Waals surface area (Å²) in [5, 5.41) is 0. The molecular weight excluding hydrogens is 294 g/mol. The summed E-state index contributed by atoms with van der Waals surface area (Å²) in [6.45, 7) is 4.25. The van der Waals surface area contributed by atoms with E-state index in [9.17, 15) is 9.59 Å². The third-order valence-electron chi connectivity index (χ3n) is 4.83. The first-order chi connectivity index (χ1) is 11.2. The summed E-state index contributed by atoms with van der Waals surface area (Å²) in [5.74, 6) is 0. The lowest BCUT2D eigenvalue weighted by molar-refractivity contribution is 0.164. The molecule has 2 aliphatic heterocycles. The fourth-order valence-corrected chi connectivity index (χ4v) is 3.52. The molecule has 0 radical (unpaired) electrons. The Balaban J connectivity index is 1.76. The van der Waals surface area contributed by atoms with Gasteiger partial charge in [-0.1, -0.05) is 6.07 Å². The maximum atomic E-state index is 12.6. The van der Waals surface area contributed by atoms with Crippen LogP contribution in [0.3, 0.4) is 0 Å². The highest BCUT2D eigenvalue weighted by Gasteiger charge is 2.26. The number of carbonyl (C=O) groups excluding carboxylic acids is 1. The monoisotopic (exact) mass is 319 g/mol. The summed E-state index contributed by atoms with van der Waals surface area (Å²) >= 11 is 0. The molecule has 0 atom stereocenters. The molecule has 3 heterocycles. The zero-order valence-corrected chi connectivity index (χ0v) is 13.8. The van der Waals surface area contributed by atoms with Crippen LogP contribution in [0.4, 0.5) is 4.79 Å². The molecule has 3 rings (SSSR count). The minimum absolute atomic E-state index is 0.0140. The molecule has 0 N–H and O–H groups in total. The fourth-order valence-electron chi connectivity index (χ4n) is 3.52. The summed E-state index contributed by atoms with van der Waals surface area (Å²) in [7, 11) is 1.64. The van der Waals surface area contributed by atoms with Crippen LogP contribution in [-0.2, 0) is 24.1 Å². The first kappa shape index (κ1) is 16.1. The van der Waals surface area contributed by atoms with Crippen molar-refractivity contribution in [2.75, 3.05) is 39.9 Å². The number of ether oxygens (including phenoxy) is 1. The van der Waals surface area contributed by atoms with Crippen molar-refractivity contribution in [3.63, 3.8) is 0 Å². The Hall–Kier alpha value is -1.82. The molecule has 0 aliphatic carbocycles. The van der Waals surface area contributed by atoms with E-state index in [1.54, 1.807) is 13.2 Å². The number of fused-ring (bicyclic) bond motifs is 1. The molecule has 23 heavy (non-hydrogen) atoms. The summed E-state index contributed by atoms with van der Waals surface area (Å²) in [5.41, 5.74) is 2.25. The van der Waals surface area contributed by atoms with E-state index in [1.165, 1.54) is 5.56 Å². The number of rotatable bonds is 3. The van der Waals surface area contributed by atoms with E-state index < -0.39 is 0 Å². The first-order valence-corrected chi connectivity index (χ1v) is 8.45. The lowest BCUT2D eigenvalue weighted by Crippen LogP contribution is -2.43. The lowest BCUT2D eigenvalue weighted by Gasteiger charge is -2.26. The Labute approximate surface area is 136 Å². The molecule has 0 bridgehead atoms. The van der Waals surface area contributed by atoms with Crippen LogP contribution >= 0.6 is 0 Å². The Morgan fingerprint density at radius 3 is 2.52 bits per heavy atom. The van der Waals surface area contributed by atoms with Gasteiger partial charge in [0.2, 0.25) is 0 Å². The van der Waals surface area contributed by atoms with Gasteiger partial charge in [-0.15, -0.1) is 0 Å². The third kappa shape index (κ3) is 3.42. The van der Waals surface area contributed by atoms with E-state index >= 15 is 0 Å². The molecule has 1 aromatic rings. The quantitative estimate of drug-likeness (QED) is 0.839. The van der Waals surface area contributed by atoms with Crippen LogP contribution in [0.15, 0.2) is 16.9 Å². The molecule has 0 saturated carbocycles. The van der Waals surface area contributed by atoms with E-state index in [1.807, 2.05) is 20.4 Å². The van der Waals surface area contributed by atoms with Gasteiger partial charge in [0.25, 0.3) is 5.56 Å². The Bertz CT molecular complexity index is 620. The van der Waals surface area contributed by atoms with Crippen molar-refractivity contribution < 1.29 is 9.53 Å². The summed E-state index contributed by atoms with van der Waals surface area (Å²) in [4.78, 5) is 28.6. The highest BCUT2D eigenvalue weighted by molar-refractivity contribution is 5.74. The van der Waals surface area contributed by atoms with Gasteiger partial charge in [-0.05, 0) is 24.8 Å². The van der Waals surface area contributed by atoms with Crippen molar-refractivity contribution in [3.05, 3.63) is 33.7 Å². The number of hydrogen-bond acceptors (Lipinski definition) is 3. The molecule has 126 valence electrons. The molecule has 1 aromatic heterocycles. The van der Waals surface area contributed by atoms with Crippen molar-refractivity contribution in [1.29, 1.82) is 0 Å². The third-order valence-corrected chi connectivity index (χ3v) is 4.83. The maximum Gasteiger partial charge on any atom is 0.320 e. The largest absolute Gasteiger partial charge is 0.383 e. The molecule has 0 aromatic carbocycles. The highest BCUT2D eigenvalue weighted by Crippen LogP contribution is 2.17. The first-order valence-electron chi connectivity index (χ1n) is 8.45. The van der Waals surface area contributed by atoms with Crippen molar-refractivity contribution in [2.45, 2.75) is 32.2 Å². The van der Waals surface area contributed by atoms with Gasteiger partial charge in [0, 0.05) is 58.0 Å². The van der Waals surface area contributed by atoms with Crippen LogP contribution < -0.4 is 5.56 Å². The fraction of sp³-hybridized carbons (Fsp3) is 0.647. The predicted octanol–water partition coefficient (Wildman–Crippen LogP) is 1.11. The summed E-state index contributed by atoms with van der Waals surface area (Å²) in [6.07, 6.45) is 3.75. The molecule has 1 saturated heterocycles. The number of pyridine rings is 1. The van der Waals surface area contributed by atoms with Crippen LogP contribution in [0, 0.1) is 0 Å². The Morgan fingerprint density at radius 2 is 1.78 bits per heavy atom. The Morgan fingerprint density at radius 1 is 1.09 bits per heavy atom. The van der Waals surface area contributed by atoms with E-state index in [4.69, 9.17) is 4.74 Å². The second-order valence-corrected chi connectivity index (χ2v) is 6.25. The molecule has 2 aliphatic rings. The number of aromatic nitrogens is 1. The van der Waals surface area contributed by atoms with Crippen LogP contribution in [0.25, 0.3) is 0 Å². The minimum Gasteiger partial charge on any atom is -0.383 e. The smallest absolute Gasteiger partial charge is 0.320 e. The average molecular weight is 319 g/mol. The summed E-state index contributed by atoms with van der Waals surface area (Å²) < 4.78 is 6.93. The zero-order chi connectivity index (χ0) is 16.2. The number of hydrogen-bond donors (Lipinski definition) is 0. The van der Waals surface area contributed by atoms with E-state index in [-0.39, 0.29) is 11.6 Å². The van der Waals surface area contributed by atoms with Crippen LogP contribution in [0.1, 0.15) is 24.1 Å². The number of urea groups is 1. The van der Waals surface area contributed by atoms with Gasteiger partial charge in [-0.25, -0.2) is 4.79 Å². The standard InChI is InChI=1S/C17H25N3O3/c1-23-13-12-20-15-7-11-19(17(22)18-8-2-3-9-18)10-6-14(15)4-5-16(20)21/h4-5H,2-3,6-13H2,1H3. The van der Waals surface area contributed by atoms with Gasteiger partial charge in [0.1, 0.15) is 0 Å². The molecule has 0 spiro atoms. The zero-order valence-electron chi connectivity index (χ0n) is 13.8. The van der Waals surface area contributed by atoms with Crippen LogP contribution in [0.2, 0.25) is 0 Å². The molecule has 2 amide bonds. The second-order valence-electron chi connectivity index (χ2n) is 6.25. The Kier molecular flexibility index (Phi) is 5.00. The van der Waals surface area contributed by atoms with E-state index in [0.29, 0.717) is 19.7 Å². The van der Waals surface area contributed by atoms with Gasteiger partial charge in [0.05, 0.1) is 6.61 Å². The van der Waals surface area contributed by atoms with Crippen molar-refractivity contribution >= 4 is 6.03 Å². The molecular formula is C17H25N3O3. The van der Waals surface area contributed by atoms with E-state index in [2.05, 4.69) is 0 Å². The van der Waals surface area contributed by atoms with Gasteiger partial charge in [0.15, 0.2) is 0 Å². The average Bonchev–Trinajstić information content (AvgIpc) is 3.01. The molecule has 6 heteroatoms. The second kappa shape index (κ2) is 7.17. The van der Waals surface area contributed by atoms with Crippen molar-refractivity contribution in [3.8, 4) is 0 Å².